The molecule has 0 spiro atoms. The van der Waals surface area contributed by atoms with E-state index in [9.17, 15) is 4.79 Å². The lowest BCUT2D eigenvalue weighted by Gasteiger charge is -2.31. The van der Waals surface area contributed by atoms with E-state index in [2.05, 4.69) is 43.6 Å². The molecule has 0 radical (unpaired) electrons. The van der Waals surface area contributed by atoms with Gasteiger partial charge in [-0.3, -0.25) is 4.79 Å². The first-order chi connectivity index (χ1) is 6.32. The SMILES string of the molecule is CC(CN1CCC(Br)C1=O)C(C)(C)C. The van der Waals surface area contributed by atoms with Gasteiger partial charge in [0.15, 0.2) is 0 Å². The number of nitrogens with zero attached hydrogens (tertiary/aromatic N) is 1. The molecule has 3 heteroatoms. The third-order valence-electron chi connectivity index (χ3n) is 3.20. The normalized spacial score (nSPS) is 25.6. The molecule has 1 aliphatic rings. The Hall–Kier alpha value is -0.0500. The van der Waals surface area contributed by atoms with Crippen LogP contribution in [0.2, 0.25) is 0 Å². The zero-order chi connectivity index (χ0) is 10.9. The van der Waals surface area contributed by atoms with Crippen LogP contribution in [0.3, 0.4) is 0 Å². The lowest BCUT2D eigenvalue weighted by molar-refractivity contribution is -0.128. The monoisotopic (exact) mass is 261 g/mol. The summed E-state index contributed by atoms with van der Waals surface area (Å²) in [5.41, 5.74) is 0.282. The van der Waals surface area contributed by atoms with Crippen LogP contribution in [-0.2, 0) is 4.79 Å². The Kier molecular flexibility index (Phi) is 3.62. The molecule has 0 aliphatic carbocycles. The number of amides is 1. The van der Waals surface area contributed by atoms with E-state index in [0.717, 1.165) is 19.5 Å². The molecule has 1 amide bonds. The van der Waals surface area contributed by atoms with Crippen molar-refractivity contribution >= 4 is 21.8 Å². The van der Waals surface area contributed by atoms with Crippen LogP contribution < -0.4 is 0 Å². The summed E-state index contributed by atoms with van der Waals surface area (Å²) in [6.45, 7) is 10.7. The number of rotatable bonds is 2. The molecular weight excluding hydrogens is 242 g/mol. The summed E-state index contributed by atoms with van der Waals surface area (Å²) in [6, 6.07) is 0. The third kappa shape index (κ3) is 2.72. The fourth-order valence-corrected chi connectivity index (χ4v) is 1.98. The highest BCUT2D eigenvalue weighted by Crippen LogP contribution is 2.28. The van der Waals surface area contributed by atoms with Crippen molar-refractivity contribution in [2.45, 2.75) is 38.9 Å². The quantitative estimate of drug-likeness (QED) is 0.700. The molecule has 2 nitrogen and oxygen atoms in total. The maximum Gasteiger partial charge on any atom is 0.236 e. The fourth-order valence-electron chi connectivity index (χ4n) is 1.49. The maximum atomic E-state index is 11.6. The second-order valence-corrected chi connectivity index (χ2v) is 6.41. The Labute approximate surface area is 95.2 Å². The minimum Gasteiger partial charge on any atom is -0.341 e. The topological polar surface area (TPSA) is 20.3 Å². The first kappa shape index (κ1) is 12.0. The van der Waals surface area contributed by atoms with E-state index in [1.54, 1.807) is 0 Å². The van der Waals surface area contributed by atoms with E-state index in [1.807, 2.05) is 4.90 Å². The number of carbonyl (C=O) groups excluding carboxylic acids is 1. The van der Waals surface area contributed by atoms with Gasteiger partial charge in [-0.05, 0) is 17.8 Å². The Morgan fingerprint density at radius 1 is 1.57 bits per heavy atom. The van der Waals surface area contributed by atoms with Gasteiger partial charge in [-0.25, -0.2) is 0 Å². The lowest BCUT2D eigenvalue weighted by atomic mass is 9.82. The molecule has 1 rings (SSSR count). The van der Waals surface area contributed by atoms with Crippen molar-refractivity contribution in [3.05, 3.63) is 0 Å². The first-order valence-electron chi connectivity index (χ1n) is 5.25. The predicted molar refractivity (Wildman–Crippen MR) is 62.5 cm³/mol. The summed E-state index contributed by atoms with van der Waals surface area (Å²) in [5, 5.41) is 0. The van der Waals surface area contributed by atoms with E-state index >= 15 is 0 Å². The summed E-state index contributed by atoms with van der Waals surface area (Å²) >= 11 is 3.39. The molecule has 14 heavy (non-hydrogen) atoms. The summed E-state index contributed by atoms with van der Waals surface area (Å²) in [5.74, 6) is 0.811. The van der Waals surface area contributed by atoms with Gasteiger partial charge < -0.3 is 4.90 Å². The van der Waals surface area contributed by atoms with E-state index < -0.39 is 0 Å². The van der Waals surface area contributed by atoms with Crippen molar-refractivity contribution in [2.24, 2.45) is 11.3 Å². The molecule has 1 heterocycles. The second kappa shape index (κ2) is 4.21. The Bertz CT molecular complexity index is 222. The molecule has 1 aliphatic heterocycles. The molecule has 0 aromatic heterocycles. The van der Waals surface area contributed by atoms with Crippen LogP contribution in [0.4, 0.5) is 0 Å². The van der Waals surface area contributed by atoms with Gasteiger partial charge in [0.2, 0.25) is 5.91 Å². The maximum absolute atomic E-state index is 11.6. The Morgan fingerprint density at radius 3 is 2.50 bits per heavy atom. The van der Waals surface area contributed by atoms with Gasteiger partial charge in [-0.2, -0.15) is 0 Å². The van der Waals surface area contributed by atoms with Crippen LogP contribution in [0.25, 0.3) is 0 Å². The minimum absolute atomic E-state index is 0.0645. The van der Waals surface area contributed by atoms with E-state index in [-0.39, 0.29) is 16.1 Å². The number of carbonyl (C=O) groups is 1. The minimum atomic E-state index is 0.0645. The Balaban J connectivity index is 2.50. The summed E-state index contributed by atoms with van der Waals surface area (Å²) in [4.78, 5) is 13.7. The number of hydrogen-bond donors (Lipinski definition) is 0. The average Bonchev–Trinajstić information content (AvgIpc) is 2.34. The van der Waals surface area contributed by atoms with Gasteiger partial charge >= 0.3 is 0 Å². The number of hydrogen-bond acceptors (Lipinski definition) is 1. The van der Waals surface area contributed by atoms with Crippen molar-refractivity contribution < 1.29 is 4.79 Å². The first-order valence-corrected chi connectivity index (χ1v) is 6.17. The molecule has 0 saturated carbocycles. The summed E-state index contributed by atoms with van der Waals surface area (Å²) in [6.07, 6.45) is 0.954. The average molecular weight is 262 g/mol. The molecule has 0 bridgehead atoms. The molecule has 2 atom stereocenters. The highest BCUT2D eigenvalue weighted by Gasteiger charge is 2.32. The summed E-state index contributed by atoms with van der Waals surface area (Å²) in [7, 11) is 0. The molecule has 0 N–H and O–H groups in total. The van der Waals surface area contributed by atoms with Gasteiger partial charge in [-0.15, -0.1) is 0 Å². The molecule has 1 fully saturated rings. The highest BCUT2D eigenvalue weighted by molar-refractivity contribution is 9.10. The number of halogens is 1. The zero-order valence-electron chi connectivity index (χ0n) is 9.51. The number of alkyl halides is 1. The molecular formula is C11H20BrNO. The summed E-state index contributed by atoms with van der Waals surface area (Å²) < 4.78 is 0. The highest BCUT2D eigenvalue weighted by atomic mass is 79.9. The van der Waals surface area contributed by atoms with Crippen LogP contribution in [0, 0.1) is 11.3 Å². The smallest absolute Gasteiger partial charge is 0.236 e. The zero-order valence-corrected chi connectivity index (χ0v) is 11.1. The lowest BCUT2D eigenvalue weighted by Crippen LogP contribution is -2.36. The van der Waals surface area contributed by atoms with Gasteiger partial charge in [0, 0.05) is 13.1 Å². The van der Waals surface area contributed by atoms with Crippen LogP contribution in [0.5, 0.6) is 0 Å². The predicted octanol–water partition coefficient (Wildman–Crippen LogP) is 2.66. The van der Waals surface area contributed by atoms with Crippen LogP contribution in [0.1, 0.15) is 34.1 Å². The molecule has 0 aromatic rings. The van der Waals surface area contributed by atoms with E-state index in [0.29, 0.717) is 5.92 Å². The van der Waals surface area contributed by atoms with Crippen molar-refractivity contribution in [1.82, 2.24) is 4.90 Å². The van der Waals surface area contributed by atoms with Gasteiger partial charge in [0.1, 0.15) is 0 Å². The van der Waals surface area contributed by atoms with Crippen molar-refractivity contribution in [2.75, 3.05) is 13.1 Å². The van der Waals surface area contributed by atoms with E-state index in [4.69, 9.17) is 0 Å². The van der Waals surface area contributed by atoms with E-state index in [1.165, 1.54) is 0 Å². The van der Waals surface area contributed by atoms with Crippen LogP contribution in [0.15, 0.2) is 0 Å². The standard InChI is InChI=1S/C11H20BrNO/c1-8(11(2,3)4)7-13-6-5-9(12)10(13)14/h8-9H,5-7H2,1-4H3. The van der Waals surface area contributed by atoms with Crippen LogP contribution >= 0.6 is 15.9 Å². The second-order valence-electron chi connectivity index (χ2n) is 5.31. The van der Waals surface area contributed by atoms with Gasteiger partial charge in [0.25, 0.3) is 0 Å². The van der Waals surface area contributed by atoms with Crippen molar-refractivity contribution in [3.63, 3.8) is 0 Å². The molecule has 82 valence electrons. The van der Waals surface area contributed by atoms with Crippen LogP contribution in [-0.4, -0.2) is 28.7 Å². The third-order valence-corrected chi connectivity index (χ3v) is 4.05. The number of likely N-dealkylation sites (tertiary alicyclic amines) is 1. The molecule has 0 aromatic carbocycles. The molecule has 2 unspecified atom stereocenters. The van der Waals surface area contributed by atoms with Crippen molar-refractivity contribution in [1.29, 1.82) is 0 Å². The molecule has 1 saturated heterocycles. The Morgan fingerprint density at radius 2 is 2.14 bits per heavy atom. The van der Waals surface area contributed by atoms with Gasteiger partial charge in [-0.1, -0.05) is 43.6 Å². The van der Waals surface area contributed by atoms with Crippen molar-refractivity contribution in [3.8, 4) is 0 Å². The van der Waals surface area contributed by atoms with Gasteiger partial charge in [0.05, 0.1) is 4.83 Å². The largest absolute Gasteiger partial charge is 0.341 e. The fraction of sp³-hybridized carbons (Fsp3) is 0.909.